The van der Waals surface area contributed by atoms with Crippen molar-refractivity contribution >= 4 is 21.7 Å². The highest BCUT2D eigenvalue weighted by molar-refractivity contribution is 6.06. The standard InChI is InChI=1S/C16H11N3/c1-2-5-14-12(4-1)6-7-13-8-11-19(15(13)14)16-17-9-3-10-18-16/h1-11H. The van der Waals surface area contributed by atoms with E-state index in [1.54, 1.807) is 12.4 Å². The first-order chi connectivity index (χ1) is 9.43. The molecule has 0 amide bonds. The molecule has 3 nitrogen and oxygen atoms in total. The van der Waals surface area contributed by atoms with Gasteiger partial charge in [-0.2, -0.15) is 0 Å². The molecular formula is C16H11N3. The van der Waals surface area contributed by atoms with E-state index in [9.17, 15) is 0 Å². The highest BCUT2D eigenvalue weighted by Gasteiger charge is 2.08. The van der Waals surface area contributed by atoms with E-state index < -0.39 is 0 Å². The largest absolute Gasteiger partial charge is 0.285 e. The Labute approximate surface area is 110 Å². The van der Waals surface area contributed by atoms with Gasteiger partial charge in [0.15, 0.2) is 0 Å². The summed E-state index contributed by atoms with van der Waals surface area (Å²) in [4.78, 5) is 8.66. The molecule has 0 spiro atoms. The van der Waals surface area contributed by atoms with Crippen LogP contribution in [0.15, 0.2) is 67.1 Å². The van der Waals surface area contributed by atoms with E-state index in [0.717, 1.165) is 5.52 Å². The average molecular weight is 245 g/mol. The van der Waals surface area contributed by atoms with Crippen LogP contribution < -0.4 is 0 Å². The van der Waals surface area contributed by atoms with Gasteiger partial charge in [0, 0.05) is 29.4 Å². The van der Waals surface area contributed by atoms with Gasteiger partial charge in [0.2, 0.25) is 5.95 Å². The fourth-order valence-electron chi connectivity index (χ4n) is 2.49. The lowest BCUT2D eigenvalue weighted by molar-refractivity contribution is 0.964. The number of hydrogen-bond acceptors (Lipinski definition) is 2. The Kier molecular flexibility index (Phi) is 2.12. The lowest BCUT2D eigenvalue weighted by Gasteiger charge is -2.06. The van der Waals surface area contributed by atoms with E-state index in [1.807, 2.05) is 16.8 Å². The number of benzene rings is 2. The van der Waals surface area contributed by atoms with Gasteiger partial charge in [0.05, 0.1) is 5.52 Å². The van der Waals surface area contributed by atoms with Crippen LogP contribution in [0, 0.1) is 0 Å². The third-order valence-electron chi connectivity index (χ3n) is 3.34. The van der Waals surface area contributed by atoms with Gasteiger partial charge in [-0.15, -0.1) is 0 Å². The van der Waals surface area contributed by atoms with E-state index in [-0.39, 0.29) is 0 Å². The maximum atomic E-state index is 4.33. The van der Waals surface area contributed by atoms with Crippen LogP contribution in [0.5, 0.6) is 0 Å². The van der Waals surface area contributed by atoms with Crippen molar-refractivity contribution < 1.29 is 0 Å². The van der Waals surface area contributed by atoms with Crippen LogP contribution in [0.3, 0.4) is 0 Å². The van der Waals surface area contributed by atoms with Crippen LogP contribution in [-0.2, 0) is 0 Å². The Balaban J connectivity index is 2.15. The summed E-state index contributed by atoms with van der Waals surface area (Å²) in [6.45, 7) is 0. The Hall–Kier alpha value is -2.68. The first-order valence-electron chi connectivity index (χ1n) is 6.20. The molecule has 0 aliphatic heterocycles. The van der Waals surface area contributed by atoms with E-state index in [2.05, 4.69) is 52.4 Å². The quantitative estimate of drug-likeness (QED) is 0.513. The predicted octanol–water partition coefficient (Wildman–Crippen LogP) is 3.57. The average Bonchev–Trinajstić information content (AvgIpc) is 2.92. The molecule has 0 atom stereocenters. The number of hydrogen-bond donors (Lipinski definition) is 0. The van der Waals surface area contributed by atoms with Gasteiger partial charge in [-0.05, 0) is 17.5 Å². The molecule has 0 saturated carbocycles. The van der Waals surface area contributed by atoms with E-state index in [1.165, 1.54) is 16.2 Å². The molecule has 0 unspecified atom stereocenters. The Morgan fingerprint density at radius 1 is 0.737 bits per heavy atom. The molecule has 19 heavy (non-hydrogen) atoms. The molecule has 2 aromatic carbocycles. The minimum absolute atomic E-state index is 0.703. The van der Waals surface area contributed by atoms with Gasteiger partial charge in [0.25, 0.3) is 0 Å². The topological polar surface area (TPSA) is 30.7 Å². The monoisotopic (exact) mass is 245 g/mol. The van der Waals surface area contributed by atoms with Crippen LogP contribution in [0.25, 0.3) is 27.6 Å². The van der Waals surface area contributed by atoms with Crippen LogP contribution in [0.1, 0.15) is 0 Å². The maximum absolute atomic E-state index is 4.33. The maximum Gasteiger partial charge on any atom is 0.234 e. The molecule has 4 rings (SSSR count). The molecule has 0 aliphatic rings. The van der Waals surface area contributed by atoms with Crippen molar-refractivity contribution in [2.24, 2.45) is 0 Å². The molecule has 4 aromatic rings. The molecule has 0 radical (unpaired) electrons. The van der Waals surface area contributed by atoms with Crippen molar-refractivity contribution in [2.45, 2.75) is 0 Å². The minimum atomic E-state index is 0.703. The van der Waals surface area contributed by atoms with Gasteiger partial charge >= 0.3 is 0 Å². The third kappa shape index (κ3) is 1.52. The molecule has 0 fully saturated rings. The van der Waals surface area contributed by atoms with Crippen LogP contribution in [0.4, 0.5) is 0 Å². The zero-order valence-corrected chi connectivity index (χ0v) is 10.2. The molecule has 3 heteroatoms. The summed E-state index contributed by atoms with van der Waals surface area (Å²) in [5.41, 5.74) is 1.16. The molecule has 0 saturated heterocycles. The first kappa shape index (κ1) is 10.3. The van der Waals surface area contributed by atoms with E-state index in [4.69, 9.17) is 0 Å². The van der Waals surface area contributed by atoms with Crippen molar-refractivity contribution in [3.63, 3.8) is 0 Å². The van der Waals surface area contributed by atoms with E-state index >= 15 is 0 Å². The van der Waals surface area contributed by atoms with Crippen molar-refractivity contribution in [3.05, 3.63) is 67.1 Å². The Morgan fingerprint density at radius 2 is 1.53 bits per heavy atom. The number of aromatic nitrogens is 3. The van der Waals surface area contributed by atoms with Crippen LogP contribution in [-0.4, -0.2) is 14.5 Å². The molecule has 2 aromatic heterocycles. The summed E-state index contributed by atoms with van der Waals surface area (Å²) in [5.74, 6) is 0.703. The SMILES string of the molecule is c1cnc(-n2ccc3ccc4ccccc4c32)nc1. The highest BCUT2D eigenvalue weighted by Crippen LogP contribution is 2.27. The second kappa shape index (κ2) is 3.92. The lowest BCUT2D eigenvalue weighted by Crippen LogP contribution is -1.98. The molecule has 90 valence electrons. The highest BCUT2D eigenvalue weighted by atomic mass is 15.1. The van der Waals surface area contributed by atoms with Crippen molar-refractivity contribution in [1.29, 1.82) is 0 Å². The number of rotatable bonds is 1. The van der Waals surface area contributed by atoms with Crippen molar-refractivity contribution in [3.8, 4) is 5.95 Å². The van der Waals surface area contributed by atoms with Gasteiger partial charge in [-0.3, -0.25) is 4.57 Å². The minimum Gasteiger partial charge on any atom is -0.285 e. The first-order valence-corrected chi connectivity index (χ1v) is 6.20. The molecular weight excluding hydrogens is 234 g/mol. The zero-order valence-electron chi connectivity index (χ0n) is 10.2. The van der Waals surface area contributed by atoms with Gasteiger partial charge in [-0.1, -0.05) is 36.4 Å². The summed E-state index contributed by atoms with van der Waals surface area (Å²) in [6, 6.07) is 16.6. The van der Waals surface area contributed by atoms with Crippen LogP contribution >= 0.6 is 0 Å². The summed E-state index contributed by atoms with van der Waals surface area (Å²) in [5, 5.41) is 3.65. The number of fused-ring (bicyclic) bond motifs is 3. The van der Waals surface area contributed by atoms with Gasteiger partial charge < -0.3 is 0 Å². The Bertz CT molecular complexity index is 863. The van der Waals surface area contributed by atoms with Crippen LogP contribution in [0.2, 0.25) is 0 Å². The lowest BCUT2D eigenvalue weighted by atomic mass is 10.1. The normalized spacial score (nSPS) is 11.2. The molecule has 2 heterocycles. The fourth-order valence-corrected chi connectivity index (χ4v) is 2.49. The predicted molar refractivity (Wildman–Crippen MR) is 76.4 cm³/mol. The molecule has 0 bridgehead atoms. The molecule has 0 N–H and O–H groups in total. The molecule has 0 aliphatic carbocycles. The van der Waals surface area contributed by atoms with Crippen molar-refractivity contribution in [1.82, 2.24) is 14.5 Å². The summed E-state index contributed by atoms with van der Waals surface area (Å²) >= 11 is 0. The second-order valence-corrected chi connectivity index (χ2v) is 4.46. The van der Waals surface area contributed by atoms with Gasteiger partial charge in [-0.25, -0.2) is 9.97 Å². The summed E-state index contributed by atoms with van der Waals surface area (Å²) in [6.07, 6.45) is 5.55. The fraction of sp³-hybridized carbons (Fsp3) is 0. The summed E-state index contributed by atoms with van der Waals surface area (Å²) < 4.78 is 2.04. The zero-order chi connectivity index (χ0) is 12.7. The Morgan fingerprint density at radius 3 is 2.42 bits per heavy atom. The van der Waals surface area contributed by atoms with Crippen molar-refractivity contribution in [2.75, 3.05) is 0 Å². The number of nitrogens with zero attached hydrogens (tertiary/aromatic N) is 3. The summed E-state index contributed by atoms with van der Waals surface area (Å²) in [7, 11) is 0. The third-order valence-corrected chi connectivity index (χ3v) is 3.34. The second-order valence-electron chi connectivity index (χ2n) is 4.46. The smallest absolute Gasteiger partial charge is 0.234 e. The van der Waals surface area contributed by atoms with E-state index in [0.29, 0.717) is 5.95 Å². The van der Waals surface area contributed by atoms with Gasteiger partial charge in [0.1, 0.15) is 0 Å².